The second-order valence-corrected chi connectivity index (χ2v) is 9.51. The van der Waals surface area contributed by atoms with Gasteiger partial charge in [-0.15, -0.1) is 0 Å². The van der Waals surface area contributed by atoms with E-state index in [0.29, 0.717) is 30.6 Å². The Bertz CT molecular complexity index is 1150. The molecule has 0 saturated carbocycles. The second kappa shape index (κ2) is 9.93. The summed E-state index contributed by atoms with van der Waals surface area (Å²) < 4.78 is 54.6. The smallest absolute Gasteiger partial charge is 0.340 e. The third-order valence-corrected chi connectivity index (χ3v) is 7.03. The van der Waals surface area contributed by atoms with E-state index in [9.17, 15) is 17.6 Å². The van der Waals surface area contributed by atoms with Gasteiger partial charge in [-0.2, -0.15) is 13.2 Å². The molecule has 0 spiro atoms. The SMILES string of the molecule is Fc1cccc(Cc2cc(C(F)(F)F)nc(N3CCC4C(CCCN4Cc4ccccc4)C3)n2)c1. The molecule has 5 rings (SSSR count). The van der Waals surface area contributed by atoms with Gasteiger partial charge in [-0.1, -0.05) is 42.5 Å². The quantitative estimate of drug-likeness (QED) is 0.434. The molecule has 0 bridgehead atoms. The molecule has 2 aliphatic heterocycles. The Morgan fingerprint density at radius 1 is 0.886 bits per heavy atom. The number of piperidine rings is 2. The minimum atomic E-state index is -4.58. The molecule has 0 aliphatic carbocycles. The van der Waals surface area contributed by atoms with Crippen LogP contribution in [-0.2, 0) is 19.1 Å². The molecule has 0 N–H and O–H groups in total. The summed E-state index contributed by atoms with van der Waals surface area (Å²) >= 11 is 0. The molecule has 2 aliphatic rings. The number of benzene rings is 2. The molecule has 2 unspecified atom stereocenters. The Balaban J connectivity index is 1.36. The molecule has 8 heteroatoms. The zero-order chi connectivity index (χ0) is 24.4. The van der Waals surface area contributed by atoms with Crippen LogP contribution in [0, 0.1) is 11.7 Å². The van der Waals surface area contributed by atoms with E-state index >= 15 is 0 Å². The molecular weight excluding hydrogens is 456 g/mol. The predicted molar refractivity (Wildman–Crippen MR) is 126 cm³/mol. The Kier molecular flexibility index (Phi) is 6.73. The number of alkyl halides is 3. The number of aromatic nitrogens is 2. The van der Waals surface area contributed by atoms with E-state index < -0.39 is 17.7 Å². The summed E-state index contributed by atoms with van der Waals surface area (Å²) in [5.74, 6) is 0.0446. The van der Waals surface area contributed by atoms with Crippen LogP contribution in [-0.4, -0.2) is 40.5 Å². The first-order valence-corrected chi connectivity index (χ1v) is 12.1. The van der Waals surface area contributed by atoms with Gasteiger partial charge in [-0.25, -0.2) is 14.4 Å². The maximum absolute atomic E-state index is 13.7. The van der Waals surface area contributed by atoms with Crippen LogP contribution in [0.15, 0.2) is 60.7 Å². The average Bonchev–Trinajstić information content (AvgIpc) is 2.84. The molecule has 35 heavy (non-hydrogen) atoms. The van der Waals surface area contributed by atoms with Gasteiger partial charge in [-0.05, 0) is 61.1 Å². The lowest BCUT2D eigenvalue weighted by molar-refractivity contribution is -0.141. The van der Waals surface area contributed by atoms with Crippen LogP contribution >= 0.6 is 0 Å². The van der Waals surface area contributed by atoms with E-state index in [4.69, 9.17) is 0 Å². The summed E-state index contributed by atoms with van der Waals surface area (Å²) in [5, 5.41) is 0. The summed E-state index contributed by atoms with van der Waals surface area (Å²) in [4.78, 5) is 12.8. The number of hydrogen-bond acceptors (Lipinski definition) is 4. The molecule has 0 amide bonds. The van der Waals surface area contributed by atoms with Crippen molar-refractivity contribution >= 4 is 5.95 Å². The van der Waals surface area contributed by atoms with Crippen LogP contribution in [0.25, 0.3) is 0 Å². The third kappa shape index (κ3) is 5.64. The van der Waals surface area contributed by atoms with Gasteiger partial charge < -0.3 is 4.90 Å². The first-order chi connectivity index (χ1) is 16.8. The van der Waals surface area contributed by atoms with Crippen LogP contribution in [0.1, 0.15) is 41.8 Å². The highest BCUT2D eigenvalue weighted by atomic mass is 19.4. The summed E-state index contributed by atoms with van der Waals surface area (Å²) in [6.07, 6.45) is -1.50. The number of anilines is 1. The largest absolute Gasteiger partial charge is 0.433 e. The molecule has 184 valence electrons. The van der Waals surface area contributed by atoms with Crippen LogP contribution in [0.4, 0.5) is 23.5 Å². The van der Waals surface area contributed by atoms with Crippen molar-refractivity contribution < 1.29 is 17.6 Å². The maximum Gasteiger partial charge on any atom is 0.433 e. The van der Waals surface area contributed by atoms with Crippen molar-refractivity contribution in [3.8, 4) is 0 Å². The Morgan fingerprint density at radius 3 is 2.46 bits per heavy atom. The van der Waals surface area contributed by atoms with Crippen LogP contribution in [0.2, 0.25) is 0 Å². The normalized spacial score (nSPS) is 21.1. The molecule has 0 radical (unpaired) electrons. The van der Waals surface area contributed by atoms with Gasteiger partial charge in [0.1, 0.15) is 11.5 Å². The zero-order valence-electron chi connectivity index (χ0n) is 19.4. The fourth-order valence-corrected chi connectivity index (χ4v) is 5.42. The van der Waals surface area contributed by atoms with Gasteiger partial charge >= 0.3 is 6.18 Å². The van der Waals surface area contributed by atoms with Gasteiger partial charge in [0, 0.05) is 32.1 Å². The Labute approximate surface area is 202 Å². The molecule has 1 aromatic heterocycles. The number of nitrogens with zero attached hydrogens (tertiary/aromatic N) is 4. The lowest BCUT2D eigenvalue weighted by atomic mass is 9.83. The molecule has 2 aromatic carbocycles. The van der Waals surface area contributed by atoms with Gasteiger partial charge in [0.2, 0.25) is 5.95 Å². The van der Waals surface area contributed by atoms with E-state index in [2.05, 4.69) is 27.0 Å². The lowest BCUT2D eigenvalue weighted by Gasteiger charge is -2.47. The number of hydrogen-bond donors (Lipinski definition) is 0. The topological polar surface area (TPSA) is 32.3 Å². The molecule has 2 fully saturated rings. The molecule has 3 heterocycles. The fourth-order valence-electron chi connectivity index (χ4n) is 5.42. The minimum absolute atomic E-state index is 0.112. The average molecular weight is 485 g/mol. The first-order valence-electron chi connectivity index (χ1n) is 12.1. The summed E-state index contributed by atoms with van der Waals surface area (Å²) in [6.45, 7) is 3.16. The van der Waals surface area contributed by atoms with E-state index in [0.717, 1.165) is 38.4 Å². The van der Waals surface area contributed by atoms with Crippen molar-refractivity contribution in [2.45, 2.75) is 44.4 Å². The summed E-state index contributed by atoms with van der Waals surface area (Å²) in [5.41, 5.74) is 1.14. The fraction of sp³-hybridized carbons (Fsp3) is 0.407. The molecular formula is C27H28F4N4. The minimum Gasteiger partial charge on any atom is -0.340 e. The lowest BCUT2D eigenvalue weighted by Crippen LogP contribution is -2.54. The van der Waals surface area contributed by atoms with Gasteiger partial charge in [-0.3, -0.25) is 4.90 Å². The monoisotopic (exact) mass is 484 g/mol. The van der Waals surface area contributed by atoms with Crippen LogP contribution in [0.5, 0.6) is 0 Å². The number of rotatable bonds is 5. The standard InChI is InChI=1S/C27H28F4N4/c28-22-10-4-8-20(14-22)15-23-16-25(27(29,30)31)33-26(32-23)35-13-11-24-21(18-35)9-5-12-34(24)17-19-6-2-1-3-7-19/h1-4,6-8,10,14,16,21,24H,5,9,11-13,15,17-18H2. The number of fused-ring (bicyclic) bond motifs is 1. The van der Waals surface area contributed by atoms with E-state index in [-0.39, 0.29) is 18.1 Å². The van der Waals surface area contributed by atoms with Gasteiger partial charge in [0.25, 0.3) is 0 Å². The van der Waals surface area contributed by atoms with Crippen molar-refractivity contribution in [3.05, 3.63) is 89.0 Å². The Hall–Kier alpha value is -3.00. The van der Waals surface area contributed by atoms with E-state index in [1.807, 2.05) is 23.1 Å². The van der Waals surface area contributed by atoms with Gasteiger partial charge in [0.05, 0.1) is 5.69 Å². The van der Waals surface area contributed by atoms with Crippen molar-refractivity contribution in [2.75, 3.05) is 24.5 Å². The van der Waals surface area contributed by atoms with E-state index in [1.165, 1.54) is 17.7 Å². The van der Waals surface area contributed by atoms with Crippen molar-refractivity contribution in [1.29, 1.82) is 0 Å². The van der Waals surface area contributed by atoms with Crippen LogP contribution < -0.4 is 4.90 Å². The second-order valence-electron chi connectivity index (χ2n) is 9.51. The molecule has 3 aromatic rings. The molecule has 4 nitrogen and oxygen atoms in total. The van der Waals surface area contributed by atoms with Crippen molar-refractivity contribution in [1.82, 2.24) is 14.9 Å². The number of likely N-dealkylation sites (tertiary alicyclic amines) is 1. The highest BCUT2D eigenvalue weighted by molar-refractivity contribution is 5.36. The van der Waals surface area contributed by atoms with Crippen molar-refractivity contribution in [2.24, 2.45) is 5.92 Å². The van der Waals surface area contributed by atoms with Crippen LogP contribution in [0.3, 0.4) is 0 Å². The predicted octanol–water partition coefficient (Wildman–Crippen LogP) is 5.72. The van der Waals surface area contributed by atoms with E-state index in [1.54, 1.807) is 12.1 Å². The van der Waals surface area contributed by atoms with Gasteiger partial charge in [0.15, 0.2) is 0 Å². The number of halogens is 4. The zero-order valence-corrected chi connectivity index (χ0v) is 19.4. The molecule has 2 atom stereocenters. The molecule has 2 saturated heterocycles. The maximum atomic E-state index is 13.7. The van der Waals surface area contributed by atoms with Crippen molar-refractivity contribution in [3.63, 3.8) is 0 Å². The highest BCUT2D eigenvalue weighted by Gasteiger charge is 2.38. The third-order valence-electron chi connectivity index (χ3n) is 7.03. The first kappa shape index (κ1) is 23.7. The summed E-state index contributed by atoms with van der Waals surface area (Å²) in [7, 11) is 0. The highest BCUT2D eigenvalue weighted by Crippen LogP contribution is 2.34. The summed E-state index contributed by atoms with van der Waals surface area (Å²) in [6, 6.07) is 17.6. The Morgan fingerprint density at radius 2 is 1.69 bits per heavy atom.